The predicted molar refractivity (Wildman–Crippen MR) is 54.2 cm³/mol. The summed E-state index contributed by atoms with van der Waals surface area (Å²) in [4.78, 5) is 8.36. The van der Waals surface area contributed by atoms with Crippen LogP contribution in [0.2, 0.25) is 0 Å². The van der Waals surface area contributed by atoms with Crippen molar-refractivity contribution in [1.29, 1.82) is 0 Å². The van der Waals surface area contributed by atoms with Crippen molar-refractivity contribution >= 4 is 23.4 Å². The Morgan fingerprint density at radius 3 is 2.77 bits per heavy atom. The smallest absolute Gasteiger partial charge is 0.187 e. The first-order valence-electron chi connectivity index (χ1n) is 3.73. The minimum atomic E-state index is -0.462. The molecule has 0 amide bonds. The molecule has 0 aliphatic rings. The van der Waals surface area contributed by atoms with Crippen molar-refractivity contribution < 1.29 is 4.74 Å². The summed E-state index contributed by atoms with van der Waals surface area (Å²) in [6.07, 6.45) is 3.64. The number of rotatable bonds is 3. The van der Waals surface area contributed by atoms with Crippen molar-refractivity contribution in [3.8, 4) is 0 Å². The van der Waals surface area contributed by atoms with Crippen LogP contribution in [0.4, 0.5) is 0 Å². The number of methoxy groups -OCH3 is 1. The molecule has 1 heterocycles. The van der Waals surface area contributed by atoms with Gasteiger partial charge in [-0.3, -0.25) is 0 Å². The van der Waals surface area contributed by atoms with E-state index in [1.165, 1.54) is 11.8 Å². The zero-order valence-electron chi connectivity index (χ0n) is 7.74. The fourth-order valence-corrected chi connectivity index (χ4v) is 1.50. The van der Waals surface area contributed by atoms with E-state index in [-0.39, 0.29) is 0 Å². The first-order valence-corrected chi connectivity index (χ1v) is 5.39. The minimum Gasteiger partial charge on any atom is -0.361 e. The van der Waals surface area contributed by atoms with Crippen molar-refractivity contribution in [2.24, 2.45) is 0 Å². The Morgan fingerprint density at radius 1 is 1.62 bits per heavy atom. The van der Waals surface area contributed by atoms with Crippen LogP contribution in [0.3, 0.4) is 0 Å². The van der Waals surface area contributed by atoms with E-state index in [4.69, 9.17) is 16.3 Å². The van der Waals surface area contributed by atoms with Gasteiger partial charge in [-0.05, 0) is 13.2 Å². The molecule has 1 aromatic rings. The summed E-state index contributed by atoms with van der Waals surface area (Å²) in [5.41, 5.74) is 1.22. The van der Waals surface area contributed by atoms with E-state index in [1.54, 1.807) is 13.3 Å². The van der Waals surface area contributed by atoms with Gasteiger partial charge in [-0.25, -0.2) is 9.97 Å². The summed E-state index contributed by atoms with van der Waals surface area (Å²) in [5, 5.41) is 0.751. The molecule has 0 saturated carbocycles. The lowest BCUT2D eigenvalue weighted by molar-refractivity contribution is 0.168. The second-order valence-corrected chi connectivity index (χ2v) is 3.62. The zero-order chi connectivity index (χ0) is 9.84. The molecule has 1 atom stereocenters. The maximum atomic E-state index is 5.88. The molecule has 1 unspecified atom stereocenters. The zero-order valence-corrected chi connectivity index (χ0v) is 9.32. The highest BCUT2D eigenvalue weighted by Crippen LogP contribution is 2.23. The fraction of sp³-hybridized carbons (Fsp3) is 0.500. The van der Waals surface area contributed by atoms with Crippen molar-refractivity contribution in [3.05, 3.63) is 17.5 Å². The molecule has 13 heavy (non-hydrogen) atoms. The van der Waals surface area contributed by atoms with Gasteiger partial charge < -0.3 is 4.74 Å². The number of nitrogens with zero attached hydrogens (tertiary/aromatic N) is 2. The predicted octanol–water partition coefficient (Wildman–Crippen LogP) is 2.39. The van der Waals surface area contributed by atoms with Crippen LogP contribution >= 0.6 is 23.4 Å². The van der Waals surface area contributed by atoms with E-state index in [0.29, 0.717) is 0 Å². The van der Waals surface area contributed by atoms with E-state index in [0.717, 1.165) is 16.4 Å². The van der Waals surface area contributed by atoms with Gasteiger partial charge >= 0.3 is 0 Å². The van der Waals surface area contributed by atoms with Gasteiger partial charge in [0.25, 0.3) is 0 Å². The number of ether oxygens (including phenoxy) is 1. The van der Waals surface area contributed by atoms with Crippen LogP contribution in [-0.4, -0.2) is 23.3 Å². The van der Waals surface area contributed by atoms with Crippen molar-refractivity contribution in [1.82, 2.24) is 9.97 Å². The summed E-state index contributed by atoms with van der Waals surface area (Å²) in [7, 11) is 1.56. The van der Waals surface area contributed by atoms with Crippen LogP contribution in [0, 0.1) is 6.92 Å². The highest BCUT2D eigenvalue weighted by Gasteiger charge is 2.11. The molecular formula is C8H11ClN2OS. The average molecular weight is 219 g/mol. The number of aromatic nitrogens is 2. The molecule has 72 valence electrons. The van der Waals surface area contributed by atoms with Gasteiger partial charge in [-0.15, -0.1) is 0 Å². The number of thioether (sulfide) groups is 1. The quantitative estimate of drug-likeness (QED) is 0.443. The number of alkyl halides is 1. The number of aryl methyl sites for hydroxylation is 1. The minimum absolute atomic E-state index is 0.462. The van der Waals surface area contributed by atoms with Crippen molar-refractivity contribution in [2.45, 2.75) is 17.6 Å². The van der Waals surface area contributed by atoms with E-state index in [9.17, 15) is 0 Å². The highest BCUT2D eigenvalue weighted by atomic mass is 35.5. The second kappa shape index (κ2) is 4.79. The molecule has 0 aliphatic heterocycles. The van der Waals surface area contributed by atoms with Gasteiger partial charge in [0, 0.05) is 24.6 Å². The summed E-state index contributed by atoms with van der Waals surface area (Å²) in [5.74, 6) is 0. The molecule has 0 bridgehead atoms. The van der Waals surface area contributed by atoms with Gasteiger partial charge in [0.15, 0.2) is 10.7 Å². The SMILES string of the molecule is COC(Cl)c1cnc(SC)nc1C. The molecule has 5 heteroatoms. The summed E-state index contributed by atoms with van der Waals surface area (Å²) < 4.78 is 4.97. The molecule has 0 aromatic carbocycles. The Hall–Kier alpha value is -0.320. The van der Waals surface area contributed by atoms with Crippen molar-refractivity contribution in [3.63, 3.8) is 0 Å². The molecule has 0 saturated heterocycles. The molecule has 0 fully saturated rings. The Balaban J connectivity index is 2.98. The second-order valence-electron chi connectivity index (χ2n) is 2.45. The van der Waals surface area contributed by atoms with E-state index < -0.39 is 5.56 Å². The Labute approximate surface area is 86.9 Å². The fourth-order valence-electron chi connectivity index (χ4n) is 0.903. The van der Waals surface area contributed by atoms with E-state index in [2.05, 4.69) is 9.97 Å². The third kappa shape index (κ3) is 2.56. The van der Waals surface area contributed by atoms with Gasteiger partial charge in [0.05, 0.1) is 0 Å². The summed E-state index contributed by atoms with van der Waals surface area (Å²) in [6.45, 7) is 1.89. The maximum Gasteiger partial charge on any atom is 0.187 e. The van der Waals surface area contributed by atoms with Crippen LogP contribution in [0.1, 0.15) is 16.8 Å². The molecular weight excluding hydrogens is 208 g/mol. The lowest BCUT2D eigenvalue weighted by Gasteiger charge is -2.09. The summed E-state index contributed by atoms with van der Waals surface area (Å²) in [6, 6.07) is 0. The van der Waals surface area contributed by atoms with E-state index >= 15 is 0 Å². The lowest BCUT2D eigenvalue weighted by Crippen LogP contribution is -2.00. The third-order valence-electron chi connectivity index (χ3n) is 1.63. The topological polar surface area (TPSA) is 35.0 Å². The molecule has 1 rings (SSSR count). The monoisotopic (exact) mass is 218 g/mol. The molecule has 1 aromatic heterocycles. The van der Waals surface area contributed by atoms with Gasteiger partial charge in [0.1, 0.15) is 0 Å². The molecule has 0 N–H and O–H groups in total. The Kier molecular flexibility index (Phi) is 3.96. The standard InChI is InChI=1S/C8H11ClN2OS/c1-5-6(7(9)12-2)4-10-8(11-5)13-3/h4,7H,1-3H3. The largest absolute Gasteiger partial charge is 0.361 e. The molecule has 0 aliphatic carbocycles. The first kappa shape index (κ1) is 10.8. The van der Waals surface area contributed by atoms with E-state index in [1.807, 2.05) is 13.2 Å². The average Bonchev–Trinajstić information content (AvgIpc) is 2.16. The number of halogens is 1. The maximum absolute atomic E-state index is 5.88. The third-order valence-corrected chi connectivity index (χ3v) is 2.60. The number of hydrogen-bond donors (Lipinski definition) is 0. The first-order chi connectivity index (χ1) is 6.19. The highest BCUT2D eigenvalue weighted by molar-refractivity contribution is 7.98. The van der Waals surface area contributed by atoms with Crippen LogP contribution in [0.25, 0.3) is 0 Å². The number of hydrogen-bond acceptors (Lipinski definition) is 4. The van der Waals surface area contributed by atoms with Crippen LogP contribution in [-0.2, 0) is 4.74 Å². The van der Waals surface area contributed by atoms with Crippen LogP contribution in [0.15, 0.2) is 11.4 Å². The van der Waals surface area contributed by atoms with Crippen molar-refractivity contribution in [2.75, 3.05) is 13.4 Å². The van der Waals surface area contributed by atoms with Gasteiger partial charge in [-0.2, -0.15) is 0 Å². The van der Waals surface area contributed by atoms with Crippen LogP contribution < -0.4 is 0 Å². The lowest BCUT2D eigenvalue weighted by atomic mass is 10.2. The molecule has 3 nitrogen and oxygen atoms in total. The Bertz CT molecular complexity index is 295. The Morgan fingerprint density at radius 2 is 2.31 bits per heavy atom. The van der Waals surface area contributed by atoms with Gasteiger partial charge in [-0.1, -0.05) is 23.4 Å². The van der Waals surface area contributed by atoms with Gasteiger partial charge in [0.2, 0.25) is 0 Å². The molecule has 0 radical (unpaired) electrons. The normalized spacial score (nSPS) is 12.9. The van der Waals surface area contributed by atoms with Crippen LogP contribution in [0.5, 0.6) is 0 Å². The summed E-state index contributed by atoms with van der Waals surface area (Å²) >= 11 is 7.39. The molecule has 0 spiro atoms.